The number of nitrogens with two attached hydrogens (primary N) is 1. The van der Waals surface area contributed by atoms with Gasteiger partial charge in [-0.2, -0.15) is 0 Å². The highest BCUT2D eigenvalue weighted by molar-refractivity contribution is 6.05. The van der Waals surface area contributed by atoms with Crippen LogP contribution >= 0.6 is 0 Å². The minimum absolute atomic E-state index is 0.246. The zero-order chi connectivity index (χ0) is 14.1. The highest BCUT2D eigenvalue weighted by atomic mass is 19.1. The second-order valence-electron chi connectivity index (χ2n) is 4.64. The number of aromatic nitrogens is 3. The van der Waals surface area contributed by atoms with Crippen molar-refractivity contribution < 1.29 is 9.18 Å². The van der Waals surface area contributed by atoms with Crippen LogP contribution in [0.5, 0.6) is 0 Å². The topological polar surface area (TPSA) is 77.0 Å². The Bertz CT molecular complexity index is 654. The van der Waals surface area contributed by atoms with Gasteiger partial charge in [0.15, 0.2) is 5.69 Å². The number of anilines is 1. The smallest absolute Gasteiger partial charge is 0.280 e. The molecule has 20 heavy (non-hydrogen) atoms. The first kappa shape index (κ1) is 12.7. The van der Waals surface area contributed by atoms with E-state index in [2.05, 4.69) is 10.3 Å². The zero-order valence-corrected chi connectivity index (χ0v) is 10.8. The number of nitrogens with zero attached hydrogens (tertiary/aromatic N) is 4. The Kier molecular flexibility index (Phi) is 3.19. The molecular weight excluding hydrogens is 261 g/mol. The lowest BCUT2D eigenvalue weighted by molar-refractivity contribution is 0.0984. The number of carbonyl (C=O) groups is 1. The average molecular weight is 275 g/mol. The molecule has 0 unspecified atom stereocenters. The van der Waals surface area contributed by atoms with Gasteiger partial charge < -0.3 is 10.6 Å². The number of halogens is 1. The van der Waals surface area contributed by atoms with Crippen molar-refractivity contribution in [1.82, 2.24) is 15.0 Å². The van der Waals surface area contributed by atoms with Crippen LogP contribution in [0.1, 0.15) is 16.1 Å². The summed E-state index contributed by atoms with van der Waals surface area (Å²) < 4.78 is 14.8. The highest BCUT2D eigenvalue weighted by Crippen LogP contribution is 2.29. The number of fused-ring (bicyclic) bond motifs is 1. The number of amides is 1. The van der Waals surface area contributed by atoms with Crippen LogP contribution in [-0.4, -0.2) is 34.0 Å². The Labute approximate surface area is 115 Å². The van der Waals surface area contributed by atoms with Crippen LogP contribution in [0.3, 0.4) is 0 Å². The molecule has 1 aliphatic rings. The lowest BCUT2D eigenvalue weighted by atomic mass is 10.2. The molecule has 0 saturated heterocycles. The maximum Gasteiger partial charge on any atom is 0.280 e. The lowest BCUT2D eigenvalue weighted by Crippen LogP contribution is -2.29. The largest absolute Gasteiger partial charge is 0.329 e. The zero-order valence-electron chi connectivity index (χ0n) is 10.8. The van der Waals surface area contributed by atoms with Crippen LogP contribution in [0, 0.1) is 5.82 Å². The molecule has 7 heteroatoms. The first-order chi connectivity index (χ1) is 9.69. The number of hydrogen-bond donors (Lipinski definition) is 1. The minimum atomic E-state index is -0.352. The summed E-state index contributed by atoms with van der Waals surface area (Å²) in [5, 5.41) is 7.68. The molecule has 0 saturated carbocycles. The Hall–Kier alpha value is -2.28. The van der Waals surface area contributed by atoms with Gasteiger partial charge in [-0.1, -0.05) is 11.3 Å². The fourth-order valence-electron chi connectivity index (χ4n) is 2.34. The SMILES string of the molecule is NCCn1cc(C(=O)N2CCc3ccc(F)cc32)nn1. The van der Waals surface area contributed by atoms with Crippen molar-refractivity contribution >= 4 is 11.6 Å². The van der Waals surface area contributed by atoms with Gasteiger partial charge in [-0.05, 0) is 24.1 Å². The maximum absolute atomic E-state index is 13.3. The van der Waals surface area contributed by atoms with Crippen molar-refractivity contribution in [3.8, 4) is 0 Å². The van der Waals surface area contributed by atoms with Gasteiger partial charge in [0.05, 0.1) is 18.4 Å². The van der Waals surface area contributed by atoms with Gasteiger partial charge in [0, 0.05) is 13.1 Å². The van der Waals surface area contributed by atoms with Gasteiger partial charge in [0.25, 0.3) is 5.91 Å². The summed E-state index contributed by atoms with van der Waals surface area (Å²) in [5.41, 5.74) is 7.25. The molecule has 0 fully saturated rings. The molecule has 2 N–H and O–H groups in total. The third-order valence-electron chi connectivity index (χ3n) is 3.30. The van der Waals surface area contributed by atoms with E-state index in [-0.39, 0.29) is 17.4 Å². The first-order valence-corrected chi connectivity index (χ1v) is 6.39. The summed E-state index contributed by atoms with van der Waals surface area (Å²) in [6.07, 6.45) is 2.28. The average Bonchev–Trinajstić information content (AvgIpc) is 3.05. The molecule has 1 aromatic heterocycles. The molecule has 1 aromatic carbocycles. The van der Waals surface area contributed by atoms with Crippen LogP contribution in [0.2, 0.25) is 0 Å². The number of benzene rings is 1. The predicted molar refractivity (Wildman–Crippen MR) is 70.9 cm³/mol. The van der Waals surface area contributed by atoms with Crippen molar-refractivity contribution in [2.45, 2.75) is 13.0 Å². The van der Waals surface area contributed by atoms with Gasteiger partial charge in [0.2, 0.25) is 0 Å². The molecule has 6 nitrogen and oxygen atoms in total. The number of rotatable bonds is 3. The van der Waals surface area contributed by atoms with E-state index in [9.17, 15) is 9.18 Å². The van der Waals surface area contributed by atoms with Gasteiger partial charge in [-0.3, -0.25) is 9.48 Å². The van der Waals surface area contributed by atoms with Gasteiger partial charge in [-0.25, -0.2) is 4.39 Å². The molecule has 1 aliphatic heterocycles. The Morgan fingerprint density at radius 2 is 2.30 bits per heavy atom. The van der Waals surface area contributed by atoms with Gasteiger partial charge >= 0.3 is 0 Å². The van der Waals surface area contributed by atoms with E-state index in [1.165, 1.54) is 21.7 Å². The summed E-state index contributed by atoms with van der Waals surface area (Å²) in [5.74, 6) is -0.618. The fourth-order valence-corrected chi connectivity index (χ4v) is 2.34. The van der Waals surface area contributed by atoms with E-state index < -0.39 is 0 Å². The van der Waals surface area contributed by atoms with E-state index in [1.807, 2.05) is 0 Å². The third-order valence-corrected chi connectivity index (χ3v) is 3.30. The molecule has 0 bridgehead atoms. The highest BCUT2D eigenvalue weighted by Gasteiger charge is 2.27. The fraction of sp³-hybridized carbons (Fsp3) is 0.308. The van der Waals surface area contributed by atoms with E-state index in [0.717, 1.165) is 12.0 Å². The van der Waals surface area contributed by atoms with E-state index in [0.29, 0.717) is 25.3 Å². The van der Waals surface area contributed by atoms with E-state index >= 15 is 0 Å². The van der Waals surface area contributed by atoms with Crippen molar-refractivity contribution in [2.75, 3.05) is 18.0 Å². The van der Waals surface area contributed by atoms with Gasteiger partial charge in [-0.15, -0.1) is 5.10 Å². The third kappa shape index (κ3) is 2.16. The van der Waals surface area contributed by atoms with Crippen molar-refractivity contribution in [3.63, 3.8) is 0 Å². The Balaban J connectivity index is 1.87. The molecule has 104 valence electrons. The minimum Gasteiger partial charge on any atom is -0.329 e. The van der Waals surface area contributed by atoms with Crippen LogP contribution in [0.15, 0.2) is 24.4 Å². The molecule has 0 spiro atoms. The molecule has 0 radical (unpaired) electrons. The second kappa shape index (κ2) is 5.01. The monoisotopic (exact) mass is 275 g/mol. The summed E-state index contributed by atoms with van der Waals surface area (Å²) in [7, 11) is 0. The van der Waals surface area contributed by atoms with Crippen LogP contribution < -0.4 is 10.6 Å². The first-order valence-electron chi connectivity index (χ1n) is 6.39. The number of hydrogen-bond acceptors (Lipinski definition) is 4. The quantitative estimate of drug-likeness (QED) is 0.889. The van der Waals surface area contributed by atoms with Crippen molar-refractivity contribution in [2.24, 2.45) is 5.73 Å². The Morgan fingerprint density at radius 1 is 1.45 bits per heavy atom. The van der Waals surface area contributed by atoms with E-state index in [1.54, 1.807) is 12.3 Å². The predicted octanol–water partition coefficient (Wildman–Crippen LogP) is 0.579. The second-order valence-corrected chi connectivity index (χ2v) is 4.64. The summed E-state index contributed by atoms with van der Waals surface area (Å²) >= 11 is 0. The summed E-state index contributed by atoms with van der Waals surface area (Å²) in [6.45, 7) is 1.46. The van der Waals surface area contributed by atoms with Crippen LogP contribution in [0.25, 0.3) is 0 Å². The summed E-state index contributed by atoms with van der Waals surface area (Å²) in [4.78, 5) is 13.9. The maximum atomic E-state index is 13.3. The van der Waals surface area contributed by atoms with Crippen LogP contribution in [0.4, 0.5) is 10.1 Å². The number of carbonyl (C=O) groups excluding carboxylic acids is 1. The summed E-state index contributed by atoms with van der Waals surface area (Å²) in [6, 6.07) is 4.50. The standard InChI is InChI=1S/C13H14FN5O/c14-10-2-1-9-3-5-19(12(9)7-10)13(20)11-8-18(6-4-15)17-16-11/h1-2,7-8H,3-6,15H2. The van der Waals surface area contributed by atoms with Crippen molar-refractivity contribution in [1.29, 1.82) is 0 Å². The molecule has 2 heterocycles. The molecular formula is C13H14FN5O. The van der Waals surface area contributed by atoms with Gasteiger partial charge in [0.1, 0.15) is 5.82 Å². The molecule has 0 aliphatic carbocycles. The molecule has 0 atom stereocenters. The van der Waals surface area contributed by atoms with E-state index in [4.69, 9.17) is 5.73 Å². The van der Waals surface area contributed by atoms with Crippen LogP contribution in [-0.2, 0) is 13.0 Å². The lowest BCUT2D eigenvalue weighted by Gasteiger charge is -2.15. The molecule has 2 aromatic rings. The Morgan fingerprint density at radius 3 is 3.10 bits per heavy atom. The molecule has 1 amide bonds. The van der Waals surface area contributed by atoms with Crippen molar-refractivity contribution in [3.05, 3.63) is 41.5 Å². The molecule has 3 rings (SSSR count). The normalized spacial score (nSPS) is 13.6.